The highest BCUT2D eigenvalue weighted by atomic mass is 32.2. The fourth-order valence-electron chi connectivity index (χ4n) is 7.07. The van der Waals surface area contributed by atoms with Gasteiger partial charge in [0, 0.05) is 49.4 Å². The van der Waals surface area contributed by atoms with E-state index in [4.69, 9.17) is 4.74 Å². The van der Waals surface area contributed by atoms with Crippen LogP contribution in [0.5, 0.6) is 5.75 Å². The molecule has 0 aliphatic carbocycles. The molecular weight excluding hydrogens is 705 g/mol. The van der Waals surface area contributed by atoms with Crippen LogP contribution in [0, 0.1) is 0 Å². The highest BCUT2D eigenvalue weighted by molar-refractivity contribution is 7.81. The van der Waals surface area contributed by atoms with E-state index in [2.05, 4.69) is 16.0 Å². The molecule has 3 aliphatic rings. The molecule has 0 spiro atoms. The molecule has 7 rings (SSSR count). The molecule has 3 heterocycles. The number of piperidine rings is 1. The maximum Gasteiger partial charge on any atom is 0.266 e. The molecule has 0 aromatic heterocycles. The third kappa shape index (κ3) is 6.25. The molecule has 2 atom stereocenters. The Morgan fingerprint density at radius 2 is 1.75 bits per heavy atom. The molecule has 1 saturated heterocycles. The number of hydrogen-bond donors (Lipinski definition) is 4. The van der Waals surface area contributed by atoms with E-state index in [1.807, 2.05) is 6.07 Å². The van der Waals surface area contributed by atoms with Crippen LogP contribution in [0.2, 0.25) is 0 Å². The number of hydrogen-bond acceptors (Lipinski definition) is 9. The minimum absolute atomic E-state index is 0.0163. The molecule has 2 unspecified atom stereocenters. The molecule has 16 heteroatoms. The number of anilines is 4. The molecule has 53 heavy (non-hydrogen) atoms. The molecule has 3 aliphatic heterocycles. The summed E-state index contributed by atoms with van der Waals surface area (Å²) in [6, 6.07) is 17.4. The van der Waals surface area contributed by atoms with E-state index in [0.717, 1.165) is 4.90 Å². The maximum atomic E-state index is 13.3. The number of rotatable bonds is 12. The van der Waals surface area contributed by atoms with Gasteiger partial charge in [0.1, 0.15) is 11.8 Å². The molecule has 4 aromatic carbocycles. The van der Waals surface area contributed by atoms with Crippen molar-refractivity contribution in [1.29, 1.82) is 0 Å². The molecule has 15 nitrogen and oxygen atoms in total. The van der Waals surface area contributed by atoms with E-state index in [1.165, 1.54) is 22.4 Å². The van der Waals surface area contributed by atoms with Crippen LogP contribution >= 0.6 is 0 Å². The number of benzene rings is 4. The van der Waals surface area contributed by atoms with Gasteiger partial charge in [0.05, 0.1) is 40.9 Å². The van der Waals surface area contributed by atoms with Gasteiger partial charge in [0.15, 0.2) is 0 Å². The van der Waals surface area contributed by atoms with Gasteiger partial charge in [-0.2, -0.15) is 0 Å². The van der Waals surface area contributed by atoms with Gasteiger partial charge in [-0.15, -0.1) is 0 Å². The summed E-state index contributed by atoms with van der Waals surface area (Å²) in [5.41, 5.74) is 3.12. The zero-order chi connectivity index (χ0) is 37.6. The average Bonchev–Trinajstić information content (AvgIpc) is 3.55. The first-order chi connectivity index (χ1) is 25.5. The quantitative estimate of drug-likeness (QED) is 0.0952. The summed E-state index contributed by atoms with van der Waals surface area (Å²) in [5.74, 6) is -2.53. The molecule has 0 radical (unpaired) electrons. The Kier molecular flexibility index (Phi) is 9.40. The van der Waals surface area contributed by atoms with Crippen molar-refractivity contribution in [3.63, 3.8) is 0 Å². The predicted octanol–water partition coefficient (Wildman–Crippen LogP) is 3.28. The molecular formula is C37H34N6O9S. The first-order valence-electron chi connectivity index (χ1n) is 16.8. The van der Waals surface area contributed by atoms with Gasteiger partial charge >= 0.3 is 0 Å². The first kappa shape index (κ1) is 35.3. The summed E-state index contributed by atoms with van der Waals surface area (Å²) in [4.78, 5) is 79.2. The Morgan fingerprint density at radius 3 is 2.51 bits per heavy atom. The number of imide groups is 2. The van der Waals surface area contributed by atoms with Crippen molar-refractivity contribution in [1.82, 2.24) is 15.5 Å². The minimum Gasteiger partial charge on any atom is -0.495 e. The van der Waals surface area contributed by atoms with Crippen LogP contribution in [0.25, 0.3) is 10.8 Å². The number of nitrogens with one attached hydrogen (secondary N) is 3. The molecule has 0 bridgehead atoms. The molecule has 4 aromatic rings. The molecule has 272 valence electrons. The number of nitrogens with zero attached hydrogens (tertiary/aromatic N) is 3. The van der Waals surface area contributed by atoms with Crippen LogP contribution in [0.3, 0.4) is 0 Å². The average molecular weight is 739 g/mol. The zero-order valence-electron chi connectivity index (χ0n) is 28.6. The topological polar surface area (TPSA) is 195 Å². The largest absolute Gasteiger partial charge is 0.495 e. The van der Waals surface area contributed by atoms with E-state index in [9.17, 15) is 37.5 Å². The zero-order valence-corrected chi connectivity index (χ0v) is 29.5. The molecule has 6 amide bonds. The van der Waals surface area contributed by atoms with Crippen molar-refractivity contribution in [3.8, 4) is 5.75 Å². The van der Waals surface area contributed by atoms with Crippen molar-refractivity contribution in [2.45, 2.75) is 31.7 Å². The summed E-state index contributed by atoms with van der Waals surface area (Å²) in [6.07, 6.45) is 0.397. The third-order valence-corrected chi connectivity index (χ3v) is 10.3. The second-order valence-electron chi connectivity index (χ2n) is 12.7. The number of amides is 6. The lowest BCUT2D eigenvalue weighted by molar-refractivity contribution is -0.136. The van der Waals surface area contributed by atoms with Crippen molar-refractivity contribution in [2.24, 2.45) is 0 Å². The Balaban J connectivity index is 1.03. The maximum absolute atomic E-state index is 13.3. The van der Waals surface area contributed by atoms with Crippen LogP contribution in [0.1, 0.15) is 55.9 Å². The lowest BCUT2D eigenvalue weighted by Crippen LogP contribution is -2.54. The van der Waals surface area contributed by atoms with E-state index in [1.54, 1.807) is 61.6 Å². The lowest BCUT2D eigenvalue weighted by atomic mass is 9.97. The highest BCUT2D eigenvalue weighted by Crippen LogP contribution is 2.45. The molecule has 1 fully saturated rings. The SMILES string of the molecule is COc1ccccc1N(c1ccc2c3c(cc(CCC(=O)NCCNc4cccc5c4C(=O)N(C4CCC(=O)NC4=O)C5=O)cc13)C(=O)N2C)S(=O)O. The van der Waals surface area contributed by atoms with Gasteiger partial charge < -0.3 is 20.3 Å². The number of aryl methyl sites for hydroxylation is 1. The van der Waals surface area contributed by atoms with E-state index in [0.29, 0.717) is 50.4 Å². The fraction of sp³-hybridized carbons (Fsp3) is 0.243. The van der Waals surface area contributed by atoms with Crippen molar-refractivity contribution >= 4 is 80.2 Å². The number of carbonyl (C=O) groups is 6. The second-order valence-corrected chi connectivity index (χ2v) is 13.5. The summed E-state index contributed by atoms with van der Waals surface area (Å²) < 4.78 is 30.0. The van der Waals surface area contributed by atoms with Crippen molar-refractivity contribution in [3.05, 3.63) is 89.0 Å². The summed E-state index contributed by atoms with van der Waals surface area (Å²) in [5, 5.41) is 9.30. The molecule has 4 N–H and O–H groups in total. The van der Waals surface area contributed by atoms with Crippen LogP contribution < -0.4 is 29.9 Å². The van der Waals surface area contributed by atoms with E-state index < -0.39 is 40.9 Å². The van der Waals surface area contributed by atoms with Gasteiger partial charge in [-0.3, -0.25) is 43.5 Å². The smallest absolute Gasteiger partial charge is 0.266 e. The Bertz CT molecular complexity index is 2280. The number of fused-ring (bicyclic) bond motifs is 1. The number of ether oxygens (including phenoxy) is 1. The van der Waals surface area contributed by atoms with Crippen LogP contribution in [-0.4, -0.2) is 82.4 Å². The van der Waals surface area contributed by atoms with Gasteiger partial charge in [0.2, 0.25) is 17.7 Å². The summed E-state index contributed by atoms with van der Waals surface area (Å²) in [6.45, 7) is 0.393. The fourth-order valence-corrected chi connectivity index (χ4v) is 7.72. The van der Waals surface area contributed by atoms with Crippen LogP contribution in [0.4, 0.5) is 22.7 Å². The highest BCUT2D eigenvalue weighted by Gasteiger charge is 2.45. The Morgan fingerprint density at radius 1 is 0.962 bits per heavy atom. The monoisotopic (exact) mass is 738 g/mol. The van der Waals surface area contributed by atoms with E-state index in [-0.39, 0.29) is 61.7 Å². The van der Waals surface area contributed by atoms with Crippen molar-refractivity contribution in [2.75, 3.05) is 41.8 Å². The van der Waals surface area contributed by atoms with Gasteiger partial charge in [-0.25, -0.2) is 8.51 Å². The lowest BCUT2D eigenvalue weighted by Gasteiger charge is -2.27. The number of carbonyl (C=O) groups excluding carboxylic acids is 6. The summed E-state index contributed by atoms with van der Waals surface area (Å²) in [7, 11) is 3.12. The number of para-hydroxylation sites is 2. The minimum atomic E-state index is -2.51. The van der Waals surface area contributed by atoms with Gasteiger partial charge in [-0.05, 0) is 66.9 Å². The van der Waals surface area contributed by atoms with E-state index >= 15 is 0 Å². The normalized spacial score (nSPS) is 16.9. The summed E-state index contributed by atoms with van der Waals surface area (Å²) >= 11 is -2.51. The predicted molar refractivity (Wildman–Crippen MR) is 196 cm³/mol. The Hall–Kier alpha value is -6.13. The Labute approximate surface area is 305 Å². The number of methoxy groups -OCH3 is 1. The first-order valence-corrected chi connectivity index (χ1v) is 17.8. The second kappa shape index (κ2) is 14.1. The standard InChI is InChI=1S/C37H34N6O9S/c1-41-27-12-11-25(43(53(50)51)26-8-3-4-9-29(26)52-2)22-18-20(19-23(32(22)27)35(41)47)10-14-30(44)39-17-16-38-24-7-5-6-21-33(24)37(49)42(36(21)48)28-13-15-31(45)40-34(28)46/h3-9,11-12,18-19,28,38H,10,13-17H2,1-2H3,(H,39,44)(H,50,51)(H,40,45,46). The van der Waals surface area contributed by atoms with Gasteiger partial charge in [0.25, 0.3) is 29.0 Å². The van der Waals surface area contributed by atoms with Crippen LogP contribution in [0.15, 0.2) is 66.7 Å². The molecule has 0 saturated carbocycles. The van der Waals surface area contributed by atoms with Crippen LogP contribution in [-0.2, 0) is 32.1 Å². The van der Waals surface area contributed by atoms with Crippen molar-refractivity contribution < 1.29 is 42.3 Å². The third-order valence-electron chi connectivity index (χ3n) is 9.58. The van der Waals surface area contributed by atoms with Gasteiger partial charge in [-0.1, -0.05) is 18.2 Å².